The number of benzene rings is 3. The van der Waals surface area contributed by atoms with E-state index < -0.39 is 0 Å². The molecule has 0 saturated heterocycles. The first-order chi connectivity index (χ1) is 17.4. The van der Waals surface area contributed by atoms with Gasteiger partial charge in [-0.2, -0.15) is 5.10 Å². The minimum absolute atomic E-state index is 0.125. The van der Waals surface area contributed by atoms with Crippen LogP contribution in [0.4, 0.5) is 5.69 Å². The Labute approximate surface area is 215 Å². The largest absolute Gasteiger partial charge is 0.338 e. The fourth-order valence-corrected chi connectivity index (χ4v) is 4.00. The third-order valence-corrected chi connectivity index (χ3v) is 5.98. The zero-order valence-corrected chi connectivity index (χ0v) is 20.9. The molecule has 0 unspecified atom stereocenters. The summed E-state index contributed by atoms with van der Waals surface area (Å²) in [5.41, 5.74) is 5.32. The van der Waals surface area contributed by atoms with E-state index in [4.69, 9.17) is 16.7 Å². The Balaban J connectivity index is 1.51. The molecule has 4 aromatic rings. The number of hydrogen-bond acceptors (Lipinski definition) is 3. The monoisotopic (exact) mass is 498 g/mol. The number of halogens is 1. The molecule has 6 nitrogen and oxygen atoms in total. The lowest BCUT2D eigenvalue weighted by Gasteiger charge is -2.15. The normalized spacial score (nSPS) is 11.0. The highest BCUT2D eigenvalue weighted by molar-refractivity contribution is 6.31. The maximum absolute atomic E-state index is 12.9. The highest BCUT2D eigenvalue weighted by Gasteiger charge is 2.16. The number of rotatable bonds is 8. The Bertz CT molecular complexity index is 1380. The number of hydrogen-bond donors (Lipinski definition) is 1. The quantitative estimate of drug-likeness (QED) is 0.308. The van der Waals surface area contributed by atoms with Gasteiger partial charge >= 0.3 is 0 Å². The SMILES string of the molecule is CC(=O)Nc1ccc(/C=C/C(=O)N(C)Cc2cn(Cc3ccccc3Cl)nc2-c2ccccc2)cc1. The summed E-state index contributed by atoms with van der Waals surface area (Å²) in [4.78, 5) is 25.7. The molecule has 0 radical (unpaired) electrons. The predicted octanol–water partition coefficient (Wildman–Crippen LogP) is 5.88. The zero-order valence-electron chi connectivity index (χ0n) is 20.2. The molecule has 3 aromatic carbocycles. The van der Waals surface area contributed by atoms with E-state index in [1.165, 1.54) is 6.92 Å². The van der Waals surface area contributed by atoms with E-state index in [2.05, 4.69) is 5.32 Å². The molecule has 0 aliphatic heterocycles. The molecule has 1 heterocycles. The van der Waals surface area contributed by atoms with Crippen molar-refractivity contribution >= 4 is 35.2 Å². The average molecular weight is 499 g/mol. The highest BCUT2D eigenvalue weighted by Crippen LogP contribution is 2.25. The molecular formula is C29H27ClN4O2. The lowest BCUT2D eigenvalue weighted by Crippen LogP contribution is -2.24. The van der Waals surface area contributed by atoms with Crippen LogP contribution in [0.3, 0.4) is 0 Å². The summed E-state index contributed by atoms with van der Waals surface area (Å²) in [5, 5.41) is 8.24. The van der Waals surface area contributed by atoms with E-state index in [0.29, 0.717) is 23.8 Å². The van der Waals surface area contributed by atoms with E-state index in [1.807, 2.05) is 77.6 Å². The van der Waals surface area contributed by atoms with Gasteiger partial charge in [-0.05, 0) is 35.4 Å². The number of amides is 2. The van der Waals surface area contributed by atoms with Gasteiger partial charge in [0.1, 0.15) is 0 Å². The van der Waals surface area contributed by atoms with Crippen LogP contribution in [-0.4, -0.2) is 33.5 Å². The molecule has 1 N–H and O–H groups in total. The summed E-state index contributed by atoms with van der Waals surface area (Å²) >= 11 is 6.36. The van der Waals surface area contributed by atoms with Crippen molar-refractivity contribution in [2.24, 2.45) is 0 Å². The van der Waals surface area contributed by atoms with Crippen molar-refractivity contribution in [1.82, 2.24) is 14.7 Å². The van der Waals surface area contributed by atoms with Crippen molar-refractivity contribution < 1.29 is 9.59 Å². The van der Waals surface area contributed by atoms with Crippen LogP contribution < -0.4 is 5.32 Å². The smallest absolute Gasteiger partial charge is 0.246 e. The van der Waals surface area contributed by atoms with E-state index in [9.17, 15) is 9.59 Å². The molecule has 1 aromatic heterocycles. The Hall–Kier alpha value is -4.16. The standard InChI is InChI=1S/C29H27ClN4O2/c1-21(35)31-26-15-12-22(13-16-26)14-17-28(36)33(2)18-25-20-34(19-24-10-6-7-11-27(24)30)32-29(25)23-8-4-3-5-9-23/h3-17,20H,18-19H2,1-2H3,(H,31,35)/b17-14+. The van der Waals surface area contributed by atoms with E-state index in [1.54, 1.807) is 36.2 Å². The number of nitrogens with one attached hydrogen (secondary N) is 1. The van der Waals surface area contributed by atoms with Crippen LogP contribution in [0.25, 0.3) is 17.3 Å². The second-order valence-electron chi connectivity index (χ2n) is 8.49. The second-order valence-corrected chi connectivity index (χ2v) is 8.90. The number of carbonyl (C=O) groups excluding carboxylic acids is 2. The fraction of sp³-hybridized carbons (Fsp3) is 0.138. The van der Waals surface area contributed by atoms with Crippen LogP contribution in [0.2, 0.25) is 5.02 Å². The van der Waals surface area contributed by atoms with Gasteiger partial charge in [-0.25, -0.2) is 0 Å². The van der Waals surface area contributed by atoms with Crippen LogP contribution in [0.1, 0.15) is 23.6 Å². The van der Waals surface area contributed by atoms with E-state index in [-0.39, 0.29) is 11.8 Å². The van der Waals surface area contributed by atoms with Crippen molar-refractivity contribution in [2.45, 2.75) is 20.0 Å². The molecule has 0 fully saturated rings. The summed E-state index contributed by atoms with van der Waals surface area (Å²) in [5.74, 6) is -0.251. The molecule has 182 valence electrons. The predicted molar refractivity (Wildman–Crippen MR) is 144 cm³/mol. The number of aromatic nitrogens is 2. The van der Waals surface area contributed by atoms with Crippen LogP contribution in [0.15, 0.2) is 91.1 Å². The zero-order chi connectivity index (χ0) is 25.5. The first kappa shape index (κ1) is 24.9. The van der Waals surface area contributed by atoms with Gasteiger partial charge in [0.05, 0.1) is 12.2 Å². The summed E-state index contributed by atoms with van der Waals surface area (Å²) in [6.07, 6.45) is 5.28. The molecule has 0 saturated carbocycles. The van der Waals surface area contributed by atoms with E-state index >= 15 is 0 Å². The molecule has 4 rings (SSSR count). The van der Waals surface area contributed by atoms with Gasteiger partial charge in [0.25, 0.3) is 0 Å². The lowest BCUT2D eigenvalue weighted by molar-refractivity contribution is -0.125. The highest BCUT2D eigenvalue weighted by atomic mass is 35.5. The Morgan fingerprint density at radius 2 is 1.67 bits per heavy atom. The maximum Gasteiger partial charge on any atom is 0.246 e. The molecule has 7 heteroatoms. The first-order valence-electron chi connectivity index (χ1n) is 11.5. The Morgan fingerprint density at radius 1 is 0.972 bits per heavy atom. The van der Waals surface area contributed by atoms with Crippen LogP contribution in [0.5, 0.6) is 0 Å². The van der Waals surface area contributed by atoms with Crippen molar-refractivity contribution in [3.8, 4) is 11.3 Å². The molecule has 0 aliphatic carbocycles. The summed E-state index contributed by atoms with van der Waals surface area (Å²) in [6.45, 7) is 2.40. The van der Waals surface area contributed by atoms with Gasteiger partial charge in [-0.15, -0.1) is 0 Å². The van der Waals surface area contributed by atoms with Crippen LogP contribution >= 0.6 is 11.6 Å². The first-order valence-corrected chi connectivity index (χ1v) is 11.9. The van der Waals surface area contributed by atoms with Crippen molar-refractivity contribution in [2.75, 3.05) is 12.4 Å². The van der Waals surface area contributed by atoms with Gasteiger partial charge in [-0.1, -0.05) is 72.3 Å². The number of anilines is 1. The topological polar surface area (TPSA) is 67.2 Å². The van der Waals surface area contributed by atoms with Gasteiger partial charge in [-0.3, -0.25) is 14.3 Å². The number of nitrogens with zero attached hydrogens (tertiary/aromatic N) is 3. The molecular weight excluding hydrogens is 472 g/mol. The second kappa shape index (κ2) is 11.5. The Morgan fingerprint density at radius 3 is 2.36 bits per heavy atom. The van der Waals surface area contributed by atoms with Gasteiger partial charge in [0, 0.05) is 54.6 Å². The average Bonchev–Trinajstić information content (AvgIpc) is 3.27. The molecule has 0 aliphatic rings. The molecule has 2 amide bonds. The maximum atomic E-state index is 12.9. The summed E-state index contributed by atoms with van der Waals surface area (Å²) in [7, 11) is 1.77. The third kappa shape index (κ3) is 6.49. The third-order valence-electron chi connectivity index (χ3n) is 5.61. The minimum Gasteiger partial charge on any atom is -0.338 e. The minimum atomic E-state index is -0.126. The molecule has 0 atom stereocenters. The Kier molecular flexibility index (Phi) is 7.98. The van der Waals surface area contributed by atoms with E-state index in [0.717, 1.165) is 27.9 Å². The number of likely N-dealkylation sites (N-methyl/N-ethyl adjacent to an activating group) is 1. The molecule has 36 heavy (non-hydrogen) atoms. The van der Waals surface area contributed by atoms with Crippen molar-refractivity contribution in [3.63, 3.8) is 0 Å². The van der Waals surface area contributed by atoms with Gasteiger partial charge < -0.3 is 10.2 Å². The summed E-state index contributed by atoms with van der Waals surface area (Å²) in [6, 6.07) is 24.9. The fourth-order valence-electron chi connectivity index (χ4n) is 3.81. The molecule has 0 spiro atoms. The van der Waals surface area contributed by atoms with Crippen LogP contribution in [-0.2, 0) is 22.7 Å². The van der Waals surface area contributed by atoms with Gasteiger partial charge in [0.15, 0.2) is 0 Å². The van der Waals surface area contributed by atoms with Crippen molar-refractivity contribution in [3.05, 3.63) is 113 Å². The van der Waals surface area contributed by atoms with Gasteiger partial charge in [0.2, 0.25) is 11.8 Å². The van der Waals surface area contributed by atoms with Crippen LogP contribution in [0, 0.1) is 0 Å². The molecule has 0 bridgehead atoms. The lowest BCUT2D eigenvalue weighted by atomic mass is 10.1. The van der Waals surface area contributed by atoms with Crippen molar-refractivity contribution in [1.29, 1.82) is 0 Å². The number of carbonyl (C=O) groups is 2. The summed E-state index contributed by atoms with van der Waals surface area (Å²) < 4.78 is 1.86.